The minimum absolute atomic E-state index is 0.0712. The van der Waals surface area contributed by atoms with Gasteiger partial charge in [0.15, 0.2) is 5.03 Å². The van der Waals surface area contributed by atoms with Gasteiger partial charge in [0.25, 0.3) is 10.0 Å². The monoisotopic (exact) mass is 282 g/mol. The summed E-state index contributed by atoms with van der Waals surface area (Å²) in [5.41, 5.74) is 6.44. The van der Waals surface area contributed by atoms with Crippen LogP contribution in [0.5, 0.6) is 5.75 Å². The molecule has 0 amide bonds. The zero-order valence-corrected chi connectivity index (χ0v) is 11.3. The number of nitrogens with one attached hydrogen (secondary N) is 1. The smallest absolute Gasteiger partial charge is 0.279 e. The molecular weight excluding hydrogens is 268 g/mol. The second kappa shape index (κ2) is 4.81. The molecule has 19 heavy (non-hydrogen) atoms. The average molecular weight is 282 g/mol. The van der Waals surface area contributed by atoms with Crippen LogP contribution in [0, 0.1) is 0 Å². The fraction of sp³-hybridized carbons (Fsp3) is 0.182. The maximum Gasteiger partial charge on any atom is 0.279 e. The molecule has 7 nitrogen and oxygen atoms in total. The number of ether oxygens (including phenoxy) is 1. The van der Waals surface area contributed by atoms with Crippen molar-refractivity contribution in [2.24, 2.45) is 7.05 Å². The zero-order chi connectivity index (χ0) is 14.0. The first-order valence-corrected chi connectivity index (χ1v) is 6.86. The first-order valence-electron chi connectivity index (χ1n) is 5.38. The number of nitrogen functional groups attached to an aromatic ring is 1. The van der Waals surface area contributed by atoms with Gasteiger partial charge in [0.05, 0.1) is 24.7 Å². The van der Waals surface area contributed by atoms with E-state index in [1.54, 1.807) is 19.2 Å². The van der Waals surface area contributed by atoms with E-state index in [0.29, 0.717) is 17.1 Å². The molecule has 1 aromatic carbocycles. The molecule has 1 heterocycles. The molecule has 3 N–H and O–H groups in total. The third-order valence-corrected chi connectivity index (χ3v) is 3.99. The summed E-state index contributed by atoms with van der Waals surface area (Å²) in [4.78, 5) is 0. The number of benzene rings is 1. The van der Waals surface area contributed by atoms with Crippen LogP contribution in [0.2, 0.25) is 0 Å². The number of anilines is 2. The summed E-state index contributed by atoms with van der Waals surface area (Å²) in [5, 5.41) is 3.89. The second-order valence-corrected chi connectivity index (χ2v) is 5.48. The quantitative estimate of drug-likeness (QED) is 0.808. The Morgan fingerprint density at radius 3 is 2.63 bits per heavy atom. The van der Waals surface area contributed by atoms with Gasteiger partial charge in [0.2, 0.25) is 0 Å². The Labute approximate surface area is 111 Å². The molecule has 0 aliphatic rings. The van der Waals surface area contributed by atoms with Gasteiger partial charge in [-0.3, -0.25) is 9.40 Å². The molecular formula is C11H14N4O3S. The van der Waals surface area contributed by atoms with E-state index in [0.717, 1.165) is 0 Å². The van der Waals surface area contributed by atoms with Crippen molar-refractivity contribution in [1.29, 1.82) is 0 Å². The molecule has 2 aromatic rings. The third kappa shape index (κ3) is 2.63. The Kier molecular flexibility index (Phi) is 3.34. The summed E-state index contributed by atoms with van der Waals surface area (Å²) in [6.07, 6.45) is 1.41. The standard InChI is InChI=1S/C11H14N4O3S/c1-15-11(5-6-13-15)19(16,17)14-8-3-4-10(18-2)9(12)7-8/h3-7,14H,12H2,1-2H3. The second-order valence-electron chi connectivity index (χ2n) is 3.86. The minimum atomic E-state index is -3.68. The van der Waals surface area contributed by atoms with Crippen molar-refractivity contribution in [2.75, 3.05) is 17.6 Å². The van der Waals surface area contributed by atoms with Crippen molar-refractivity contribution in [3.8, 4) is 5.75 Å². The lowest BCUT2D eigenvalue weighted by Crippen LogP contribution is -2.16. The maximum absolute atomic E-state index is 12.1. The van der Waals surface area contributed by atoms with Crippen molar-refractivity contribution in [2.45, 2.75) is 5.03 Å². The van der Waals surface area contributed by atoms with Gasteiger partial charge in [-0.15, -0.1) is 0 Å². The van der Waals surface area contributed by atoms with Gasteiger partial charge in [0.1, 0.15) is 5.75 Å². The average Bonchev–Trinajstić information content (AvgIpc) is 2.76. The largest absolute Gasteiger partial charge is 0.495 e. The first kappa shape index (κ1) is 13.2. The highest BCUT2D eigenvalue weighted by Gasteiger charge is 2.18. The topological polar surface area (TPSA) is 99.2 Å². The summed E-state index contributed by atoms with van der Waals surface area (Å²) < 4.78 is 32.9. The number of sulfonamides is 1. The van der Waals surface area contributed by atoms with Gasteiger partial charge in [-0.2, -0.15) is 13.5 Å². The summed E-state index contributed by atoms with van der Waals surface area (Å²) in [7, 11) is -0.639. The summed E-state index contributed by atoms with van der Waals surface area (Å²) in [5.74, 6) is 0.489. The van der Waals surface area contributed by atoms with E-state index < -0.39 is 10.0 Å². The maximum atomic E-state index is 12.1. The van der Waals surface area contributed by atoms with Gasteiger partial charge in [0, 0.05) is 7.05 Å². The van der Waals surface area contributed by atoms with Gasteiger partial charge >= 0.3 is 0 Å². The Balaban J connectivity index is 2.31. The molecule has 0 radical (unpaired) electrons. The van der Waals surface area contributed by atoms with Crippen molar-refractivity contribution in [3.63, 3.8) is 0 Å². The predicted octanol–water partition coefficient (Wildman–Crippen LogP) is 0.812. The molecule has 2 rings (SSSR count). The number of hydrogen-bond acceptors (Lipinski definition) is 5. The van der Waals surface area contributed by atoms with Crippen LogP contribution < -0.4 is 15.2 Å². The zero-order valence-electron chi connectivity index (χ0n) is 10.5. The normalized spacial score (nSPS) is 11.3. The van der Waals surface area contributed by atoms with Crippen LogP contribution in [0.25, 0.3) is 0 Å². The van der Waals surface area contributed by atoms with E-state index in [9.17, 15) is 8.42 Å². The van der Waals surface area contributed by atoms with Gasteiger partial charge in [-0.25, -0.2) is 0 Å². The van der Waals surface area contributed by atoms with Crippen molar-refractivity contribution in [3.05, 3.63) is 30.5 Å². The van der Waals surface area contributed by atoms with E-state index in [4.69, 9.17) is 10.5 Å². The Hall–Kier alpha value is -2.22. The minimum Gasteiger partial charge on any atom is -0.495 e. The van der Waals surface area contributed by atoms with E-state index in [-0.39, 0.29) is 5.03 Å². The molecule has 102 valence electrons. The lowest BCUT2D eigenvalue weighted by Gasteiger charge is -2.10. The van der Waals surface area contributed by atoms with Crippen LogP contribution in [-0.2, 0) is 17.1 Å². The molecule has 0 bridgehead atoms. The number of hydrogen-bond donors (Lipinski definition) is 2. The molecule has 0 atom stereocenters. The molecule has 0 aliphatic carbocycles. The summed E-state index contributed by atoms with van der Waals surface area (Å²) in [6, 6.07) is 6.07. The molecule has 0 spiro atoms. The van der Waals surface area contributed by atoms with Crippen LogP contribution in [0.4, 0.5) is 11.4 Å². The van der Waals surface area contributed by atoms with Crippen LogP contribution >= 0.6 is 0 Å². The van der Waals surface area contributed by atoms with Gasteiger partial charge < -0.3 is 10.5 Å². The highest BCUT2D eigenvalue weighted by atomic mass is 32.2. The highest BCUT2D eigenvalue weighted by molar-refractivity contribution is 7.92. The number of nitrogens with two attached hydrogens (primary N) is 1. The third-order valence-electron chi connectivity index (χ3n) is 2.53. The Morgan fingerprint density at radius 2 is 2.11 bits per heavy atom. The molecule has 0 saturated carbocycles. The number of rotatable bonds is 4. The molecule has 0 aliphatic heterocycles. The lowest BCUT2D eigenvalue weighted by molar-refractivity contribution is 0.417. The molecule has 0 saturated heterocycles. The van der Waals surface area contributed by atoms with Crippen LogP contribution in [0.1, 0.15) is 0 Å². The molecule has 1 aromatic heterocycles. The van der Waals surface area contributed by atoms with Crippen LogP contribution in [0.15, 0.2) is 35.5 Å². The van der Waals surface area contributed by atoms with Gasteiger partial charge in [-0.05, 0) is 24.3 Å². The molecule has 8 heteroatoms. The van der Waals surface area contributed by atoms with Crippen molar-refractivity contribution in [1.82, 2.24) is 9.78 Å². The van der Waals surface area contributed by atoms with Crippen molar-refractivity contribution < 1.29 is 13.2 Å². The predicted molar refractivity (Wildman–Crippen MR) is 71.4 cm³/mol. The van der Waals surface area contributed by atoms with E-state index >= 15 is 0 Å². The van der Waals surface area contributed by atoms with Gasteiger partial charge in [-0.1, -0.05) is 0 Å². The lowest BCUT2D eigenvalue weighted by atomic mass is 10.2. The van der Waals surface area contributed by atoms with Crippen LogP contribution in [-0.4, -0.2) is 25.3 Å². The number of methoxy groups -OCH3 is 1. The highest BCUT2D eigenvalue weighted by Crippen LogP contribution is 2.25. The Morgan fingerprint density at radius 1 is 1.37 bits per heavy atom. The van der Waals surface area contributed by atoms with E-state index in [1.807, 2.05) is 0 Å². The van der Waals surface area contributed by atoms with Crippen molar-refractivity contribution >= 4 is 21.4 Å². The SMILES string of the molecule is COc1ccc(NS(=O)(=O)c2ccnn2C)cc1N. The fourth-order valence-corrected chi connectivity index (χ4v) is 2.81. The summed E-state index contributed by atoms with van der Waals surface area (Å²) in [6.45, 7) is 0. The van der Waals surface area contributed by atoms with E-state index in [2.05, 4.69) is 9.82 Å². The molecule has 0 unspecified atom stereocenters. The Bertz CT molecular complexity index is 694. The molecule has 0 fully saturated rings. The summed E-state index contributed by atoms with van der Waals surface area (Å²) >= 11 is 0. The fourth-order valence-electron chi connectivity index (χ4n) is 1.63. The first-order chi connectivity index (χ1) is 8.94. The number of aromatic nitrogens is 2. The number of nitrogens with zero attached hydrogens (tertiary/aromatic N) is 2. The van der Waals surface area contributed by atoms with Crippen LogP contribution in [0.3, 0.4) is 0 Å². The number of aryl methyl sites for hydroxylation is 1. The van der Waals surface area contributed by atoms with E-state index in [1.165, 1.54) is 30.1 Å².